The lowest BCUT2D eigenvalue weighted by molar-refractivity contribution is 1.11. The SMILES string of the molecule is c1csc(-c2nc(-c3cc4ccccc4s3)n[nH]2)c1. The van der Waals surface area contributed by atoms with Crippen molar-refractivity contribution in [1.29, 1.82) is 0 Å². The fourth-order valence-corrected chi connectivity index (χ4v) is 3.65. The molecule has 0 radical (unpaired) electrons. The lowest BCUT2D eigenvalue weighted by atomic mass is 10.2. The Balaban J connectivity index is 1.80. The first-order valence-corrected chi connectivity index (χ1v) is 7.55. The fraction of sp³-hybridized carbons (Fsp3) is 0. The first-order valence-electron chi connectivity index (χ1n) is 5.85. The first-order chi connectivity index (χ1) is 9.40. The molecule has 0 unspecified atom stereocenters. The average molecular weight is 283 g/mol. The van der Waals surface area contributed by atoms with Crippen LogP contribution in [-0.2, 0) is 0 Å². The van der Waals surface area contributed by atoms with E-state index in [1.54, 1.807) is 22.7 Å². The van der Waals surface area contributed by atoms with E-state index >= 15 is 0 Å². The van der Waals surface area contributed by atoms with Gasteiger partial charge >= 0.3 is 0 Å². The van der Waals surface area contributed by atoms with E-state index in [4.69, 9.17) is 0 Å². The molecule has 0 amide bonds. The zero-order valence-corrected chi connectivity index (χ0v) is 11.5. The van der Waals surface area contributed by atoms with Crippen molar-refractivity contribution in [2.75, 3.05) is 0 Å². The van der Waals surface area contributed by atoms with Gasteiger partial charge in [0.1, 0.15) is 0 Å². The van der Waals surface area contributed by atoms with Gasteiger partial charge in [-0.2, -0.15) is 5.10 Å². The fourth-order valence-electron chi connectivity index (χ4n) is 1.99. The quantitative estimate of drug-likeness (QED) is 0.592. The smallest absolute Gasteiger partial charge is 0.191 e. The molecule has 1 aromatic carbocycles. The van der Waals surface area contributed by atoms with E-state index in [0.29, 0.717) is 0 Å². The van der Waals surface area contributed by atoms with Crippen LogP contribution in [0.3, 0.4) is 0 Å². The number of nitrogens with one attached hydrogen (secondary N) is 1. The number of aromatic amines is 1. The first kappa shape index (κ1) is 10.9. The molecule has 3 heterocycles. The highest BCUT2D eigenvalue weighted by molar-refractivity contribution is 7.22. The molecule has 4 aromatic rings. The van der Waals surface area contributed by atoms with Gasteiger partial charge in [-0.1, -0.05) is 24.3 Å². The Morgan fingerprint density at radius 3 is 2.79 bits per heavy atom. The number of fused-ring (bicyclic) bond motifs is 1. The number of rotatable bonds is 2. The third-order valence-corrected chi connectivity index (χ3v) is 4.87. The molecule has 92 valence electrons. The van der Waals surface area contributed by atoms with Crippen LogP contribution < -0.4 is 0 Å². The molecule has 0 aliphatic carbocycles. The molecule has 0 fully saturated rings. The topological polar surface area (TPSA) is 41.6 Å². The van der Waals surface area contributed by atoms with Crippen LogP contribution in [0, 0.1) is 0 Å². The minimum Gasteiger partial charge on any atom is -0.258 e. The van der Waals surface area contributed by atoms with Gasteiger partial charge in [0, 0.05) is 4.70 Å². The maximum Gasteiger partial charge on any atom is 0.191 e. The molecule has 19 heavy (non-hydrogen) atoms. The second-order valence-corrected chi connectivity index (χ2v) is 6.16. The Kier molecular flexibility index (Phi) is 2.46. The van der Waals surface area contributed by atoms with E-state index in [9.17, 15) is 0 Å². The van der Waals surface area contributed by atoms with Crippen LogP contribution in [0.25, 0.3) is 31.5 Å². The van der Waals surface area contributed by atoms with Crippen molar-refractivity contribution in [3.8, 4) is 21.4 Å². The van der Waals surface area contributed by atoms with E-state index in [-0.39, 0.29) is 0 Å². The number of H-pyrrole nitrogens is 1. The van der Waals surface area contributed by atoms with Gasteiger partial charge in [-0.3, -0.25) is 5.10 Å². The van der Waals surface area contributed by atoms with Gasteiger partial charge in [-0.05, 0) is 29.0 Å². The Bertz CT molecular complexity index is 794. The molecule has 0 bridgehead atoms. The summed E-state index contributed by atoms with van der Waals surface area (Å²) < 4.78 is 1.26. The predicted octanol–water partition coefficient (Wildman–Crippen LogP) is 4.41. The van der Waals surface area contributed by atoms with Gasteiger partial charge in [-0.15, -0.1) is 22.7 Å². The minimum absolute atomic E-state index is 0.768. The van der Waals surface area contributed by atoms with Gasteiger partial charge in [0.05, 0.1) is 9.75 Å². The molecule has 0 saturated carbocycles. The highest BCUT2D eigenvalue weighted by atomic mass is 32.1. The molecule has 1 N–H and O–H groups in total. The van der Waals surface area contributed by atoms with Crippen molar-refractivity contribution in [2.45, 2.75) is 0 Å². The molecule has 0 aliphatic rings. The summed E-state index contributed by atoms with van der Waals surface area (Å²) >= 11 is 3.38. The molecule has 0 atom stereocenters. The van der Waals surface area contributed by atoms with E-state index in [1.165, 1.54) is 10.1 Å². The summed E-state index contributed by atoms with van der Waals surface area (Å²) in [5.41, 5.74) is 0. The van der Waals surface area contributed by atoms with Gasteiger partial charge < -0.3 is 0 Å². The highest BCUT2D eigenvalue weighted by Crippen LogP contribution is 2.32. The Morgan fingerprint density at radius 1 is 1.00 bits per heavy atom. The van der Waals surface area contributed by atoms with Crippen molar-refractivity contribution < 1.29 is 0 Å². The molecule has 5 heteroatoms. The average Bonchev–Trinajstić information content (AvgIpc) is 3.17. The van der Waals surface area contributed by atoms with E-state index < -0.39 is 0 Å². The van der Waals surface area contributed by atoms with E-state index in [2.05, 4.69) is 39.4 Å². The third-order valence-electron chi connectivity index (χ3n) is 2.89. The minimum atomic E-state index is 0.768. The van der Waals surface area contributed by atoms with Crippen LogP contribution >= 0.6 is 22.7 Å². The van der Waals surface area contributed by atoms with Gasteiger partial charge in [0.15, 0.2) is 11.6 Å². The number of hydrogen-bond acceptors (Lipinski definition) is 4. The van der Waals surface area contributed by atoms with Crippen molar-refractivity contribution in [2.24, 2.45) is 0 Å². The molecule has 0 saturated heterocycles. The monoisotopic (exact) mass is 283 g/mol. The zero-order chi connectivity index (χ0) is 12.7. The molecular weight excluding hydrogens is 274 g/mol. The molecule has 3 nitrogen and oxygen atoms in total. The summed E-state index contributed by atoms with van der Waals surface area (Å²) in [5.74, 6) is 1.60. The van der Waals surface area contributed by atoms with Crippen molar-refractivity contribution >= 4 is 32.8 Å². The zero-order valence-electron chi connectivity index (χ0n) is 9.83. The molecular formula is C14H9N3S2. The number of benzene rings is 1. The molecule has 0 spiro atoms. The maximum atomic E-state index is 4.57. The van der Waals surface area contributed by atoms with Crippen LogP contribution in [-0.4, -0.2) is 15.2 Å². The van der Waals surface area contributed by atoms with Crippen LogP contribution in [0.5, 0.6) is 0 Å². The number of aromatic nitrogens is 3. The normalized spacial score (nSPS) is 11.2. The number of nitrogens with zero attached hydrogens (tertiary/aromatic N) is 2. The third kappa shape index (κ3) is 1.87. The number of hydrogen-bond donors (Lipinski definition) is 1. The van der Waals surface area contributed by atoms with Gasteiger partial charge in [-0.25, -0.2) is 4.98 Å². The van der Waals surface area contributed by atoms with Gasteiger partial charge in [0.2, 0.25) is 0 Å². The summed E-state index contributed by atoms with van der Waals surface area (Å²) in [4.78, 5) is 6.78. The largest absolute Gasteiger partial charge is 0.258 e. The maximum absolute atomic E-state index is 4.57. The summed E-state index contributed by atoms with van der Waals surface area (Å²) in [7, 11) is 0. The standard InChI is InChI=1S/C14H9N3S2/c1-2-5-10-9(4-1)8-12(19-10)14-15-13(16-17-14)11-6-3-7-18-11/h1-8H,(H,15,16,17). The molecule has 4 rings (SSSR count). The summed E-state index contributed by atoms with van der Waals surface area (Å²) in [6, 6.07) is 14.5. The number of thiophene rings is 2. The van der Waals surface area contributed by atoms with E-state index in [1.807, 2.05) is 23.6 Å². The summed E-state index contributed by atoms with van der Waals surface area (Å²) in [6.07, 6.45) is 0. The lowest BCUT2D eigenvalue weighted by Gasteiger charge is -1.86. The summed E-state index contributed by atoms with van der Waals surface area (Å²) in [6.45, 7) is 0. The Morgan fingerprint density at radius 2 is 1.95 bits per heavy atom. The van der Waals surface area contributed by atoms with Crippen LogP contribution in [0.2, 0.25) is 0 Å². The Labute approximate surface area is 117 Å². The van der Waals surface area contributed by atoms with Crippen molar-refractivity contribution in [3.63, 3.8) is 0 Å². The predicted molar refractivity (Wildman–Crippen MR) is 80.5 cm³/mol. The molecule has 3 aromatic heterocycles. The van der Waals surface area contributed by atoms with E-state index in [0.717, 1.165) is 21.4 Å². The lowest BCUT2D eigenvalue weighted by Crippen LogP contribution is -1.74. The second kappa shape index (κ2) is 4.29. The second-order valence-electron chi connectivity index (χ2n) is 4.13. The Hall–Kier alpha value is -1.98. The van der Waals surface area contributed by atoms with Crippen molar-refractivity contribution in [3.05, 3.63) is 47.8 Å². The van der Waals surface area contributed by atoms with Crippen LogP contribution in [0.1, 0.15) is 0 Å². The molecule has 0 aliphatic heterocycles. The van der Waals surface area contributed by atoms with Gasteiger partial charge in [0.25, 0.3) is 0 Å². The van der Waals surface area contributed by atoms with Crippen LogP contribution in [0.15, 0.2) is 47.8 Å². The van der Waals surface area contributed by atoms with Crippen LogP contribution in [0.4, 0.5) is 0 Å². The highest BCUT2D eigenvalue weighted by Gasteiger charge is 2.11. The summed E-state index contributed by atoms with van der Waals surface area (Å²) in [5, 5.41) is 10.6. The van der Waals surface area contributed by atoms with Crippen molar-refractivity contribution in [1.82, 2.24) is 15.2 Å².